The van der Waals surface area contributed by atoms with Gasteiger partial charge in [0.2, 0.25) is 0 Å². The van der Waals surface area contributed by atoms with Gasteiger partial charge in [0.25, 0.3) is 5.56 Å². The first kappa shape index (κ1) is 31.7. The summed E-state index contributed by atoms with van der Waals surface area (Å²) in [5, 5.41) is 9.02. The average Bonchev–Trinajstić information content (AvgIpc) is 3.41. The Kier molecular flexibility index (Phi) is 9.47. The molecule has 234 valence electrons. The van der Waals surface area contributed by atoms with Crippen LogP contribution in [-0.2, 0) is 16.1 Å². The highest BCUT2D eigenvalue weighted by molar-refractivity contribution is 9.10. The first-order valence-electron chi connectivity index (χ1n) is 14.7. The maximum atomic E-state index is 14.2. The molecule has 0 saturated carbocycles. The Morgan fingerprint density at radius 1 is 1.04 bits per heavy atom. The van der Waals surface area contributed by atoms with Crippen molar-refractivity contribution in [3.05, 3.63) is 155 Å². The van der Waals surface area contributed by atoms with E-state index in [1.807, 2.05) is 72.8 Å². The van der Waals surface area contributed by atoms with Crippen LogP contribution in [0.3, 0.4) is 0 Å². The van der Waals surface area contributed by atoms with Crippen LogP contribution in [0, 0.1) is 11.3 Å². The smallest absolute Gasteiger partial charge is 0.338 e. The summed E-state index contributed by atoms with van der Waals surface area (Å²) < 4.78 is 19.7. The monoisotopic (exact) mass is 705 g/mol. The Bertz CT molecular complexity index is 2200. The Hall–Kier alpha value is -5.24. The van der Waals surface area contributed by atoms with E-state index < -0.39 is 12.0 Å². The zero-order valence-electron chi connectivity index (χ0n) is 25.5. The maximum Gasteiger partial charge on any atom is 0.338 e. The van der Waals surface area contributed by atoms with E-state index in [1.165, 1.54) is 11.3 Å². The highest BCUT2D eigenvalue weighted by Crippen LogP contribution is 2.36. The van der Waals surface area contributed by atoms with Crippen molar-refractivity contribution in [2.75, 3.05) is 13.7 Å². The van der Waals surface area contributed by atoms with E-state index in [-0.39, 0.29) is 17.7 Å². The van der Waals surface area contributed by atoms with Crippen LogP contribution in [0.15, 0.2) is 117 Å². The van der Waals surface area contributed by atoms with Gasteiger partial charge >= 0.3 is 5.97 Å². The number of aromatic nitrogens is 1. The lowest BCUT2D eigenvalue weighted by Crippen LogP contribution is -2.40. The van der Waals surface area contributed by atoms with Crippen molar-refractivity contribution in [2.24, 2.45) is 4.99 Å². The van der Waals surface area contributed by atoms with Gasteiger partial charge in [0.1, 0.15) is 18.1 Å². The van der Waals surface area contributed by atoms with E-state index >= 15 is 0 Å². The molecule has 10 heteroatoms. The van der Waals surface area contributed by atoms with Crippen LogP contribution < -0.4 is 24.4 Å². The second-order valence-electron chi connectivity index (χ2n) is 10.5. The molecule has 0 unspecified atom stereocenters. The van der Waals surface area contributed by atoms with Crippen LogP contribution in [0.1, 0.15) is 40.8 Å². The third kappa shape index (κ3) is 6.68. The topological polar surface area (TPSA) is 103 Å². The van der Waals surface area contributed by atoms with Gasteiger partial charge < -0.3 is 14.2 Å². The fraction of sp³-hybridized carbons (Fsp3) is 0.135. The molecule has 0 fully saturated rings. The largest absolute Gasteiger partial charge is 0.497 e. The maximum absolute atomic E-state index is 14.2. The number of fused-ring (bicyclic) bond motifs is 1. The molecule has 4 aromatic carbocycles. The van der Waals surface area contributed by atoms with E-state index in [0.29, 0.717) is 38.7 Å². The Morgan fingerprint density at radius 3 is 2.45 bits per heavy atom. The van der Waals surface area contributed by atoms with Gasteiger partial charge in [0.15, 0.2) is 4.80 Å². The molecule has 47 heavy (non-hydrogen) atoms. The van der Waals surface area contributed by atoms with Gasteiger partial charge in [-0.2, -0.15) is 5.26 Å². The summed E-state index contributed by atoms with van der Waals surface area (Å²) in [7, 11) is 1.59. The number of methoxy groups -OCH3 is 1. The number of thiazole rings is 1. The Balaban J connectivity index is 1.43. The van der Waals surface area contributed by atoms with Gasteiger partial charge in [-0.15, -0.1) is 0 Å². The van der Waals surface area contributed by atoms with Crippen molar-refractivity contribution in [2.45, 2.75) is 19.6 Å². The number of nitrogens with zero attached hydrogens (tertiary/aromatic N) is 3. The number of rotatable bonds is 9. The predicted molar refractivity (Wildman–Crippen MR) is 184 cm³/mol. The van der Waals surface area contributed by atoms with Gasteiger partial charge in [-0.25, -0.2) is 9.79 Å². The molecule has 0 aliphatic carbocycles. The van der Waals surface area contributed by atoms with E-state index in [1.54, 1.807) is 48.9 Å². The Morgan fingerprint density at radius 2 is 1.79 bits per heavy atom. The van der Waals surface area contributed by atoms with Crippen molar-refractivity contribution in [3.8, 4) is 17.6 Å². The summed E-state index contributed by atoms with van der Waals surface area (Å²) in [6.45, 7) is 2.26. The normalized spacial score (nSPS) is 14.2. The summed E-state index contributed by atoms with van der Waals surface area (Å²) in [6, 6.07) is 30.9. The van der Waals surface area contributed by atoms with Crippen LogP contribution in [0.2, 0.25) is 0 Å². The summed E-state index contributed by atoms with van der Waals surface area (Å²) in [4.78, 5) is 33.2. The molecule has 2 heterocycles. The summed E-state index contributed by atoms with van der Waals surface area (Å²) in [6.07, 6.45) is 1.81. The lowest BCUT2D eigenvalue weighted by molar-refractivity contribution is -0.138. The van der Waals surface area contributed by atoms with Gasteiger partial charge in [0.05, 0.1) is 51.7 Å². The molecule has 8 nitrogen and oxygen atoms in total. The minimum Gasteiger partial charge on any atom is -0.497 e. The zero-order valence-corrected chi connectivity index (χ0v) is 27.9. The molecular weight excluding hydrogens is 678 g/mol. The van der Waals surface area contributed by atoms with E-state index in [9.17, 15) is 9.59 Å². The number of ether oxygens (including phenoxy) is 3. The van der Waals surface area contributed by atoms with Gasteiger partial charge in [-0.1, -0.05) is 72.0 Å². The SMILES string of the molecule is CCOC(=O)C1=C(c2ccccc2)N=c2s/c(=C\c3ccc(OCc4ccc(C#N)cc4)c(Br)c3)c(=O)n2[C@H]1c1ccc(OC)cc1. The highest BCUT2D eigenvalue weighted by Gasteiger charge is 2.35. The fourth-order valence-electron chi connectivity index (χ4n) is 5.25. The molecule has 6 rings (SSSR count). The molecular formula is C37H28BrN3O5S. The quantitative estimate of drug-likeness (QED) is 0.170. The summed E-state index contributed by atoms with van der Waals surface area (Å²) >= 11 is 4.86. The standard InChI is InChI=1S/C37H28BrN3O5S/c1-3-45-36(43)32-33(26-7-5-4-6-8-26)40-37-41(34(32)27-14-16-28(44-2)17-15-27)35(42)31(47-37)20-25-13-18-30(29(38)19-25)46-22-24-11-9-23(21-39)10-12-24/h4-20,34H,3,22H2,1-2H3/b31-20-/t34-/m0/s1. The third-order valence-electron chi connectivity index (χ3n) is 7.54. The number of nitriles is 1. The van der Waals surface area contributed by atoms with Crippen LogP contribution >= 0.6 is 27.3 Å². The van der Waals surface area contributed by atoms with Crippen LogP contribution in [-0.4, -0.2) is 24.3 Å². The van der Waals surface area contributed by atoms with Crippen LogP contribution in [0.25, 0.3) is 11.8 Å². The number of carbonyl (C=O) groups excluding carboxylic acids is 1. The molecule has 0 saturated heterocycles. The number of benzene rings is 4. The van der Waals surface area contributed by atoms with Crippen molar-refractivity contribution in [1.82, 2.24) is 4.57 Å². The lowest BCUT2D eigenvalue weighted by atomic mass is 9.93. The van der Waals surface area contributed by atoms with E-state index in [4.69, 9.17) is 24.5 Å². The minimum absolute atomic E-state index is 0.173. The molecule has 0 bridgehead atoms. The first-order valence-corrected chi connectivity index (χ1v) is 16.3. The lowest BCUT2D eigenvalue weighted by Gasteiger charge is -2.26. The van der Waals surface area contributed by atoms with Crippen LogP contribution in [0.5, 0.6) is 11.5 Å². The molecule has 1 aliphatic rings. The number of hydrogen-bond donors (Lipinski definition) is 0. The third-order valence-corrected chi connectivity index (χ3v) is 9.14. The molecule has 0 spiro atoms. The first-order chi connectivity index (χ1) is 22.9. The van der Waals surface area contributed by atoms with Gasteiger partial charge in [-0.3, -0.25) is 9.36 Å². The van der Waals surface area contributed by atoms with E-state index in [2.05, 4.69) is 22.0 Å². The second-order valence-corrected chi connectivity index (χ2v) is 12.4. The fourth-order valence-corrected chi connectivity index (χ4v) is 6.77. The molecule has 1 atom stereocenters. The van der Waals surface area contributed by atoms with Crippen molar-refractivity contribution < 1.29 is 19.0 Å². The molecule has 0 N–H and O–H groups in total. The average molecular weight is 707 g/mol. The second kappa shape index (κ2) is 14.0. The zero-order chi connectivity index (χ0) is 32.9. The number of hydrogen-bond acceptors (Lipinski definition) is 8. The van der Waals surface area contributed by atoms with Gasteiger partial charge in [-0.05, 0) is 82.0 Å². The summed E-state index contributed by atoms with van der Waals surface area (Å²) in [5.74, 6) is 0.755. The molecule has 0 amide bonds. The number of carbonyl (C=O) groups is 1. The van der Waals surface area contributed by atoms with Gasteiger partial charge in [0, 0.05) is 5.56 Å². The molecule has 1 aliphatic heterocycles. The number of halogens is 1. The van der Waals surface area contributed by atoms with E-state index in [0.717, 1.165) is 26.7 Å². The van der Waals surface area contributed by atoms with Crippen molar-refractivity contribution >= 4 is 45.0 Å². The predicted octanol–water partition coefficient (Wildman–Crippen LogP) is 6.16. The molecule has 5 aromatic rings. The summed E-state index contributed by atoms with van der Waals surface area (Å²) in [5.41, 5.74) is 4.24. The minimum atomic E-state index is -0.779. The Labute approximate surface area is 283 Å². The van der Waals surface area contributed by atoms with Crippen molar-refractivity contribution in [3.63, 3.8) is 0 Å². The molecule has 0 radical (unpaired) electrons. The van der Waals surface area contributed by atoms with Crippen molar-refractivity contribution in [1.29, 1.82) is 5.26 Å². The highest BCUT2D eigenvalue weighted by atomic mass is 79.9. The van der Waals surface area contributed by atoms with Crippen LogP contribution in [0.4, 0.5) is 0 Å². The number of esters is 1. The molecule has 1 aromatic heterocycles.